The highest BCUT2D eigenvalue weighted by atomic mass is 16.7. The maximum absolute atomic E-state index is 10.6. The number of hydrogen-bond acceptors (Lipinski definition) is 6. The summed E-state index contributed by atoms with van der Waals surface area (Å²) in [6.45, 7) is 4.01. The zero-order valence-electron chi connectivity index (χ0n) is 13.0. The second kappa shape index (κ2) is 7.76. The topological polar surface area (TPSA) is 106 Å². The first-order valence-corrected chi connectivity index (χ1v) is 7.67. The summed E-state index contributed by atoms with van der Waals surface area (Å²) in [5.74, 6) is 0. The van der Waals surface area contributed by atoms with E-state index in [-0.39, 0.29) is 13.2 Å². The van der Waals surface area contributed by atoms with Gasteiger partial charge in [-0.2, -0.15) is 0 Å². The fraction of sp³-hybridized carbons (Fsp3) is 0.500. The van der Waals surface area contributed by atoms with Crippen molar-refractivity contribution >= 4 is 0 Å². The minimum Gasteiger partial charge on any atom is -0.390 e. The summed E-state index contributed by atoms with van der Waals surface area (Å²) >= 11 is 0. The van der Waals surface area contributed by atoms with Gasteiger partial charge in [0, 0.05) is 10.5 Å². The SMILES string of the molecule is C=CCO[C@H]1OC2COC(c3ccccc3)O[C@@H]2[C@H](O)C1N=[N+]=[N-]. The van der Waals surface area contributed by atoms with Gasteiger partial charge in [0.1, 0.15) is 18.2 Å². The van der Waals surface area contributed by atoms with Crippen LogP contribution in [-0.2, 0) is 18.9 Å². The molecule has 0 amide bonds. The van der Waals surface area contributed by atoms with Crippen molar-refractivity contribution in [3.05, 3.63) is 59.0 Å². The molecule has 1 N–H and O–H groups in total. The molecule has 2 fully saturated rings. The van der Waals surface area contributed by atoms with Gasteiger partial charge >= 0.3 is 0 Å². The minimum atomic E-state index is -1.07. The van der Waals surface area contributed by atoms with Gasteiger partial charge in [-0.05, 0) is 5.53 Å². The molecule has 0 aliphatic carbocycles. The normalized spacial score (nSPS) is 35.5. The second-order valence-electron chi connectivity index (χ2n) is 5.53. The summed E-state index contributed by atoms with van der Waals surface area (Å²) in [6, 6.07) is 8.50. The standard InChI is InChI=1S/C16H19N3O5/c1-2-8-21-16-12(18-19-17)13(20)14-11(23-16)9-22-15(24-14)10-6-4-3-5-7-10/h2-7,11-16,20H,1,8-9H2/t11?,12?,13-,14+,15?,16+/m1/s1. The van der Waals surface area contributed by atoms with Crippen LogP contribution in [0.4, 0.5) is 0 Å². The van der Waals surface area contributed by atoms with E-state index in [4.69, 9.17) is 24.5 Å². The Hall–Kier alpha value is -1.93. The van der Waals surface area contributed by atoms with Gasteiger partial charge < -0.3 is 24.1 Å². The van der Waals surface area contributed by atoms with Crippen LogP contribution in [0.5, 0.6) is 0 Å². The maximum Gasteiger partial charge on any atom is 0.184 e. The van der Waals surface area contributed by atoms with E-state index in [1.54, 1.807) is 6.08 Å². The highest BCUT2D eigenvalue weighted by Crippen LogP contribution is 2.35. The molecule has 3 rings (SSSR count). The van der Waals surface area contributed by atoms with E-state index in [0.29, 0.717) is 0 Å². The third-order valence-electron chi connectivity index (χ3n) is 3.97. The summed E-state index contributed by atoms with van der Waals surface area (Å²) in [5.41, 5.74) is 9.60. The zero-order chi connectivity index (χ0) is 16.9. The molecule has 6 atom stereocenters. The molecule has 1 aromatic rings. The lowest BCUT2D eigenvalue weighted by Crippen LogP contribution is -2.61. The van der Waals surface area contributed by atoms with E-state index in [1.165, 1.54) is 0 Å². The Kier molecular flexibility index (Phi) is 5.47. The van der Waals surface area contributed by atoms with Crippen molar-refractivity contribution in [2.75, 3.05) is 13.2 Å². The van der Waals surface area contributed by atoms with E-state index in [9.17, 15) is 5.11 Å². The number of hydrogen-bond donors (Lipinski definition) is 1. The molecular weight excluding hydrogens is 314 g/mol. The molecule has 2 aliphatic rings. The Morgan fingerprint density at radius 3 is 2.88 bits per heavy atom. The number of aliphatic hydroxyl groups excluding tert-OH is 1. The molecule has 2 aliphatic heterocycles. The molecule has 24 heavy (non-hydrogen) atoms. The van der Waals surface area contributed by atoms with Crippen molar-refractivity contribution in [3.8, 4) is 0 Å². The lowest BCUT2D eigenvalue weighted by atomic mass is 9.96. The smallest absolute Gasteiger partial charge is 0.184 e. The quantitative estimate of drug-likeness (QED) is 0.384. The van der Waals surface area contributed by atoms with Crippen molar-refractivity contribution in [2.24, 2.45) is 5.11 Å². The first kappa shape index (κ1) is 16.9. The lowest BCUT2D eigenvalue weighted by Gasteiger charge is -2.46. The van der Waals surface area contributed by atoms with Crippen LogP contribution in [0.1, 0.15) is 11.9 Å². The van der Waals surface area contributed by atoms with Gasteiger partial charge in [0.2, 0.25) is 0 Å². The molecule has 0 bridgehead atoms. The molecule has 0 aromatic heterocycles. The number of rotatable bonds is 5. The summed E-state index contributed by atoms with van der Waals surface area (Å²) < 4.78 is 22.8. The van der Waals surface area contributed by atoms with Crippen molar-refractivity contribution in [1.82, 2.24) is 0 Å². The molecule has 2 heterocycles. The minimum absolute atomic E-state index is 0.209. The van der Waals surface area contributed by atoms with Crippen molar-refractivity contribution in [3.63, 3.8) is 0 Å². The van der Waals surface area contributed by atoms with Crippen LogP contribution in [0.15, 0.2) is 48.1 Å². The first-order valence-electron chi connectivity index (χ1n) is 7.67. The van der Waals surface area contributed by atoms with Crippen LogP contribution >= 0.6 is 0 Å². The highest BCUT2D eigenvalue weighted by Gasteiger charge is 2.49. The molecule has 1 aromatic carbocycles. The van der Waals surface area contributed by atoms with Gasteiger partial charge in [0.25, 0.3) is 0 Å². The average Bonchev–Trinajstić information content (AvgIpc) is 2.63. The largest absolute Gasteiger partial charge is 0.390 e. The molecule has 128 valence electrons. The van der Waals surface area contributed by atoms with Gasteiger partial charge in [-0.3, -0.25) is 0 Å². The predicted octanol–water partition coefficient (Wildman–Crippen LogP) is 2.07. The van der Waals surface area contributed by atoms with Crippen LogP contribution in [0, 0.1) is 0 Å². The monoisotopic (exact) mass is 333 g/mol. The average molecular weight is 333 g/mol. The van der Waals surface area contributed by atoms with Crippen LogP contribution in [0.25, 0.3) is 10.4 Å². The number of nitrogens with zero attached hydrogens (tertiary/aromatic N) is 3. The second-order valence-corrected chi connectivity index (χ2v) is 5.53. The molecule has 3 unspecified atom stereocenters. The fourth-order valence-electron chi connectivity index (χ4n) is 2.84. The van der Waals surface area contributed by atoms with E-state index < -0.39 is 36.9 Å². The Morgan fingerprint density at radius 1 is 1.38 bits per heavy atom. The highest BCUT2D eigenvalue weighted by molar-refractivity contribution is 5.16. The third-order valence-corrected chi connectivity index (χ3v) is 3.97. The number of ether oxygens (including phenoxy) is 4. The van der Waals surface area contributed by atoms with Gasteiger partial charge in [-0.15, -0.1) is 6.58 Å². The maximum atomic E-state index is 10.6. The summed E-state index contributed by atoms with van der Waals surface area (Å²) in [4.78, 5) is 2.78. The van der Waals surface area contributed by atoms with Crippen LogP contribution in [0.2, 0.25) is 0 Å². The Bertz CT molecular complexity index is 607. The molecule has 8 nitrogen and oxygen atoms in total. The predicted molar refractivity (Wildman–Crippen MR) is 83.8 cm³/mol. The lowest BCUT2D eigenvalue weighted by molar-refractivity contribution is -0.340. The number of benzene rings is 1. The summed E-state index contributed by atoms with van der Waals surface area (Å²) in [7, 11) is 0. The summed E-state index contributed by atoms with van der Waals surface area (Å²) in [5, 5.41) is 14.2. The Balaban J connectivity index is 1.76. The number of fused-ring (bicyclic) bond motifs is 1. The van der Waals surface area contributed by atoms with Crippen molar-refractivity contribution < 1.29 is 24.1 Å². The zero-order valence-corrected chi connectivity index (χ0v) is 13.0. The van der Waals surface area contributed by atoms with Crippen molar-refractivity contribution in [1.29, 1.82) is 0 Å². The first-order chi connectivity index (χ1) is 11.7. The molecule has 0 radical (unpaired) electrons. The fourth-order valence-corrected chi connectivity index (χ4v) is 2.84. The van der Waals surface area contributed by atoms with E-state index >= 15 is 0 Å². The van der Waals surface area contributed by atoms with E-state index in [1.807, 2.05) is 30.3 Å². The Morgan fingerprint density at radius 2 is 2.17 bits per heavy atom. The van der Waals surface area contributed by atoms with Gasteiger partial charge in [0.15, 0.2) is 12.6 Å². The van der Waals surface area contributed by atoms with Crippen molar-refractivity contribution in [2.45, 2.75) is 36.9 Å². The molecule has 0 spiro atoms. The number of azide groups is 1. The summed E-state index contributed by atoms with van der Waals surface area (Å²) in [6.07, 6.45) is -2.19. The van der Waals surface area contributed by atoms with E-state index in [2.05, 4.69) is 16.6 Å². The molecule has 8 heteroatoms. The molecular formula is C16H19N3O5. The van der Waals surface area contributed by atoms with Crippen LogP contribution in [-0.4, -0.2) is 49.0 Å². The van der Waals surface area contributed by atoms with Crippen LogP contribution in [0.3, 0.4) is 0 Å². The number of aliphatic hydroxyl groups is 1. The van der Waals surface area contributed by atoms with Gasteiger partial charge in [0.05, 0.1) is 19.3 Å². The molecule has 0 saturated carbocycles. The van der Waals surface area contributed by atoms with Crippen LogP contribution < -0.4 is 0 Å². The van der Waals surface area contributed by atoms with Gasteiger partial charge in [-0.1, -0.05) is 41.5 Å². The van der Waals surface area contributed by atoms with E-state index in [0.717, 1.165) is 5.56 Å². The Labute approximate surface area is 139 Å². The molecule has 2 saturated heterocycles. The third kappa shape index (κ3) is 3.44. The van der Waals surface area contributed by atoms with Gasteiger partial charge in [-0.25, -0.2) is 0 Å².